The van der Waals surface area contributed by atoms with E-state index < -0.39 is 10.9 Å². The number of carboxylic acid groups (broad SMARTS) is 1. The molecule has 0 heterocycles. The second-order valence-electron chi connectivity index (χ2n) is 2.35. The van der Waals surface area contributed by atoms with Crippen molar-refractivity contribution in [3.8, 4) is 0 Å². The Balaban J connectivity index is 3.43. The van der Waals surface area contributed by atoms with Gasteiger partial charge in [-0.25, -0.2) is 4.79 Å². The van der Waals surface area contributed by atoms with Crippen LogP contribution in [0.1, 0.15) is 10.4 Å². The van der Waals surface area contributed by atoms with Gasteiger partial charge in [0.05, 0.1) is 10.5 Å². The minimum absolute atomic E-state index is 0.147. The predicted molar refractivity (Wildman–Crippen MR) is 55.5 cm³/mol. The van der Waals surface area contributed by atoms with Gasteiger partial charge in [0.15, 0.2) is 0 Å². The van der Waals surface area contributed by atoms with Crippen molar-refractivity contribution < 1.29 is 14.8 Å². The van der Waals surface area contributed by atoms with Gasteiger partial charge < -0.3 is 5.11 Å². The molecule has 1 aromatic rings. The lowest BCUT2D eigenvalue weighted by Crippen LogP contribution is -2.00. The Morgan fingerprint density at radius 1 is 1.43 bits per heavy atom. The zero-order chi connectivity index (χ0) is 10.9. The summed E-state index contributed by atoms with van der Waals surface area (Å²) < 4.78 is 0.625. The summed E-state index contributed by atoms with van der Waals surface area (Å²) in [5, 5.41) is 19.1. The third-order valence-corrected chi connectivity index (χ3v) is 3.47. The third-order valence-electron chi connectivity index (χ3n) is 1.45. The van der Waals surface area contributed by atoms with E-state index in [9.17, 15) is 14.9 Å². The number of hydrogen-bond donors (Lipinski definition) is 1. The molecule has 14 heavy (non-hydrogen) atoms. The summed E-state index contributed by atoms with van der Waals surface area (Å²) in [6, 6.07) is 2.23. The Morgan fingerprint density at radius 3 is 2.43 bits per heavy atom. The summed E-state index contributed by atoms with van der Waals surface area (Å²) in [6.07, 6.45) is 0. The molecule has 0 saturated heterocycles. The topological polar surface area (TPSA) is 80.4 Å². The first-order valence-corrected chi connectivity index (χ1v) is 4.89. The molecule has 1 rings (SSSR count). The summed E-state index contributed by atoms with van der Waals surface area (Å²) in [5.41, 5.74) is -0.413. The van der Waals surface area contributed by atoms with Crippen LogP contribution in [-0.4, -0.2) is 16.0 Å². The van der Waals surface area contributed by atoms with Crippen LogP contribution < -0.4 is 0 Å². The lowest BCUT2D eigenvalue weighted by Gasteiger charge is -2.01. The zero-order valence-electron chi connectivity index (χ0n) is 6.53. The van der Waals surface area contributed by atoms with Crippen molar-refractivity contribution in [2.75, 3.05) is 0 Å². The van der Waals surface area contributed by atoms with Gasteiger partial charge in [0.2, 0.25) is 0 Å². The molecule has 74 valence electrons. The summed E-state index contributed by atoms with van der Waals surface area (Å²) >= 11 is 6.03. The van der Waals surface area contributed by atoms with Crippen LogP contribution in [0.15, 0.2) is 21.1 Å². The second kappa shape index (κ2) is 4.05. The van der Waals surface area contributed by atoms with Crippen molar-refractivity contribution in [2.24, 2.45) is 0 Å². The van der Waals surface area contributed by atoms with E-state index in [4.69, 9.17) is 5.11 Å². The van der Waals surface area contributed by atoms with E-state index in [1.165, 1.54) is 6.07 Å². The molecule has 0 amide bonds. The number of benzene rings is 1. The molecular weight excluding hydrogens is 322 g/mol. The molecule has 0 saturated carbocycles. The van der Waals surface area contributed by atoms with Crippen LogP contribution in [0.3, 0.4) is 0 Å². The number of nitro groups is 1. The van der Waals surface area contributed by atoms with Gasteiger partial charge in [0.1, 0.15) is 0 Å². The molecule has 0 aliphatic heterocycles. The summed E-state index contributed by atoms with van der Waals surface area (Å²) in [5.74, 6) is -1.22. The molecule has 0 fully saturated rings. The molecule has 0 spiro atoms. The van der Waals surface area contributed by atoms with Gasteiger partial charge in [-0.15, -0.1) is 0 Å². The normalized spacial score (nSPS) is 9.86. The van der Waals surface area contributed by atoms with Gasteiger partial charge in [-0.1, -0.05) is 0 Å². The second-order valence-corrected chi connectivity index (χ2v) is 4.00. The Hall–Kier alpha value is -0.950. The fourth-order valence-electron chi connectivity index (χ4n) is 0.836. The number of nitrogens with zero attached hydrogens (tertiary/aromatic N) is 1. The third kappa shape index (κ3) is 2.10. The first kappa shape index (κ1) is 11.1. The monoisotopic (exact) mass is 323 g/mol. The molecule has 1 N–H and O–H groups in total. The number of carbonyl (C=O) groups is 1. The minimum Gasteiger partial charge on any atom is -0.478 e. The maximum absolute atomic E-state index is 10.7. The smallest absolute Gasteiger partial charge is 0.337 e. The molecule has 0 aliphatic rings. The number of nitro benzene ring substituents is 1. The van der Waals surface area contributed by atoms with Crippen LogP contribution in [0.4, 0.5) is 5.69 Å². The predicted octanol–water partition coefficient (Wildman–Crippen LogP) is 2.82. The molecule has 0 radical (unpaired) electrons. The van der Waals surface area contributed by atoms with Crippen LogP contribution in [0.5, 0.6) is 0 Å². The van der Waals surface area contributed by atoms with E-state index in [1.54, 1.807) is 0 Å². The lowest BCUT2D eigenvalue weighted by molar-refractivity contribution is -0.385. The van der Waals surface area contributed by atoms with E-state index in [2.05, 4.69) is 31.9 Å². The summed E-state index contributed by atoms with van der Waals surface area (Å²) in [4.78, 5) is 20.4. The van der Waals surface area contributed by atoms with Crippen molar-refractivity contribution in [3.63, 3.8) is 0 Å². The van der Waals surface area contributed by atoms with E-state index in [0.717, 1.165) is 6.07 Å². The van der Waals surface area contributed by atoms with E-state index in [0.29, 0.717) is 4.47 Å². The quantitative estimate of drug-likeness (QED) is 0.670. The maximum Gasteiger partial charge on any atom is 0.337 e. The van der Waals surface area contributed by atoms with Crippen LogP contribution in [0, 0.1) is 10.1 Å². The average molecular weight is 325 g/mol. The Bertz CT molecular complexity index is 418. The fourth-order valence-corrected chi connectivity index (χ4v) is 1.68. The largest absolute Gasteiger partial charge is 0.478 e. The van der Waals surface area contributed by atoms with Gasteiger partial charge in [0, 0.05) is 21.1 Å². The molecule has 0 atom stereocenters. The SMILES string of the molecule is O=C(O)c1cc([N+](=O)[O-])cc(Br)c1Br. The first-order valence-electron chi connectivity index (χ1n) is 3.30. The number of non-ortho nitro benzene ring substituents is 1. The van der Waals surface area contributed by atoms with Crippen molar-refractivity contribution in [1.29, 1.82) is 0 Å². The highest BCUT2D eigenvalue weighted by molar-refractivity contribution is 9.13. The van der Waals surface area contributed by atoms with Crippen molar-refractivity contribution in [3.05, 3.63) is 36.8 Å². The Kier molecular flexibility index (Phi) is 3.22. The molecular formula is C7H3Br2NO4. The number of hydrogen-bond acceptors (Lipinski definition) is 3. The highest BCUT2D eigenvalue weighted by Crippen LogP contribution is 2.31. The molecule has 5 nitrogen and oxygen atoms in total. The summed E-state index contributed by atoms with van der Waals surface area (Å²) in [7, 11) is 0. The van der Waals surface area contributed by atoms with Crippen LogP contribution in [0.2, 0.25) is 0 Å². The number of rotatable bonds is 2. The van der Waals surface area contributed by atoms with E-state index in [1.807, 2.05) is 0 Å². The maximum atomic E-state index is 10.7. The zero-order valence-corrected chi connectivity index (χ0v) is 9.70. The van der Waals surface area contributed by atoms with Gasteiger partial charge in [-0.05, 0) is 31.9 Å². The fraction of sp³-hybridized carbons (Fsp3) is 0. The highest BCUT2D eigenvalue weighted by atomic mass is 79.9. The highest BCUT2D eigenvalue weighted by Gasteiger charge is 2.17. The van der Waals surface area contributed by atoms with Crippen LogP contribution in [0.25, 0.3) is 0 Å². The van der Waals surface area contributed by atoms with Crippen LogP contribution in [-0.2, 0) is 0 Å². The molecule has 0 unspecified atom stereocenters. The molecule has 1 aromatic carbocycles. The van der Waals surface area contributed by atoms with E-state index in [-0.39, 0.29) is 15.7 Å². The van der Waals surface area contributed by atoms with Crippen LogP contribution >= 0.6 is 31.9 Å². The molecule has 7 heteroatoms. The number of halogens is 2. The van der Waals surface area contributed by atoms with Crippen molar-refractivity contribution in [1.82, 2.24) is 0 Å². The van der Waals surface area contributed by atoms with Crippen molar-refractivity contribution >= 4 is 43.5 Å². The molecule has 0 aromatic heterocycles. The Morgan fingerprint density at radius 2 is 2.00 bits per heavy atom. The van der Waals surface area contributed by atoms with E-state index >= 15 is 0 Å². The van der Waals surface area contributed by atoms with Crippen molar-refractivity contribution in [2.45, 2.75) is 0 Å². The Labute approximate surface area is 95.1 Å². The molecule has 0 aliphatic carbocycles. The average Bonchev–Trinajstić information content (AvgIpc) is 2.08. The number of aromatic carboxylic acids is 1. The molecule has 0 bridgehead atoms. The van der Waals surface area contributed by atoms with Gasteiger partial charge in [-0.2, -0.15) is 0 Å². The first-order chi connectivity index (χ1) is 6.43. The van der Waals surface area contributed by atoms with Gasteiger partial charge in [0.25, 0.3) is 5.69 Å². The lowest BCUT2D eigenvalue weighted by atomic mass is 10.2. The minimum atomic E-state index is -1.22. The van der Waals surface area contributed by atoms with Gasteiger partial charge in [-0.3, -0.25) is 10.1 Å². The van der Waals surface area contributed by atoms with Gasteiger partial charge >= 0.3 is 5.97 Å². The number of carboxylic acids is 1. The standard InChI is InChI=1S/C7H3Br2NO4/c8-5-2-3(10(13)14)1-4(6(5)9)7(11)12/h1-2H,(H,11,12). The summed E-state index contributed by atoms with van der Waals surface area (Å²) in [6.45, 7) is 0.